The molecule has 2 aromatic carbocycles. The van der Waals surface area contributed by atoms with Gasteiger partial charge in [-0.05, 0) is 56.3 Å². The number of nitrogens with two attached hydrogens (primary N) is 1. The molecule has 0 bridgehead atoms. The quantitative estimate of drug-likeness (QED) is 0.287. The van der Waals surface area contributed by atoms with Crippen LogP contribution in [0.25, 0.3) is 22.6 Å². The number of amides is 1. The van der Waals surface area contributed by atoms with Crippen molar-refractivity contribution in [3.63, 3.8) is 0 Å². The van der Waals surface area contributed by atoms with Gasteiger partial charge in [-0.15, -0.1) is 0 Å². The summed E-state index contributed by atoms with van der Waals surface area (Å²) in [6.45, 7) is 6.06. The van der Waals surface area contributed by atoms with Crippen molar-refractivity contribution < 1.29 is 33.3 Å². The SMILES string of the molecule is CC1COC(c2nc(-c3ccc(F)cc3)c(-c3ccnc(OC(C)C)n3)[nH]2)(c2ccc(C(N)=O)cc2C(=O)O)OC1. The summed E-state index contributed by atoms with van der Waals surface area (Å²) in [4.78, 5) is 41.0. The van der Waals surface area contributed by atoms with Gasteiger partial charge < -0.3 is 30.0 Å². The van der Waals surface area contributed by atoms with Crippen LogP contribution in [0, 0.1) is 11.7 Å². The highest BCUT2D eigenvalue weighted by Gasteiger charge is 2.46. The predicted octanol–water partition coefficient (Wildman–Crippen LogP) is 4.14. The molecule has 2 aromatic heterocycles. The fourth-order valence-electron chi connectivity index (χ4n) is 4.47. The van der Waals surface area contributed by atoms with Gasteiger partial charge in [0.25, 0.3) is 5.79 Å². The van der Waals surface area contributed by atoms with Gasteiger partial charge in [-0.2, -0.15) is 4.98 Å². The third-order valence-corrected chi connectivity index (χ3v) is 6.40. The molecule has 0 spiro atoms. The lowest BCUT2D eigenvalue weighted by Gasteiger charge is -2.38. The number of aromatic amines is 1. The Balaban J connectivity index is 1.75. The number of nitrogens with one attached hydrogen (secondary N) is 1. The molecule has 1 amide bonds. The number of primary amides is 1. The van der Waals surface area contributed by atoms with Gasteiger partial charge in [0.1, 0.15) is 5.82 Å². The summed E-state index contributed by atoms with van der Waals surface area (Å²) in [5, 5.41) is 10.1. The first-order valence-corrected chi connectivity index (χ1v) is 12.9. The number of carbonyl (C=O) groups is 2. The largest absolute Gasteiger partial charge is 0.478 e. The van der Waals surface area contributed by atoms with Gasteiger partial charge in [0.05, 0.1) is 42.0 Å². The van der Waals surface area contributed by atoms with Gasteiger partial charge >= 0.3 is 12.0 Å². The Morgan fingerprint density at radius 1 is 1.12 bits per heavy atom. The van der Waals surface area contributed by atoms with E-state index in [0.29, 0.717) is 22.6 Å². The zero-order valence-corrected chi connectivity index (χ0v) is 22.6. The normalized spacial score (nSPS) is 18.8. The summed E-state index contributed by atoms with van der Waals surface area (Å²) in [5.74, 6) is -4.19. The summed E-state index contributed by atoms with van der Waals surface area (Å²) < 4.78 is 32.0. The highest BCUT2D eigenvalue weighted by Crippen LogP contribution is 2.42. The lowest BCUT2D eigenvalue weighted by molar-refractivity contribution is -0.269. The predicted molar refractivity (Wildman–Crippen MR) is 145 cm³/mol. The summed E-state index contributed by atoms with van der Waals surface area (Å²) in [7, 11) is 0. The molecule has 1 fully saturated rings. The number of nitrogens with zero attached hydrogens (tertiary/aromatic N) is 3. The molecule has 41 heavy (non-hydrogen) atoms. The van der Waals surface area contributed by atoms with Gasteiger partial charge in [-0.3, -0.25) is 4.79 Å². The highest BCUT2D eigenvalue weighted by molar-refractivity contribution is 5.97. The number of hydrogen-bond acceptors (Lipinski definition) is 8. The van der Waals surface area contributed by atoms with E-state index in [1.165, 1.54) is 36.5 Å². The number of halogens is 1. The second kappa shape index (κ2) is 11.1. The zero-order valence-electron chi connectivity index (χ0n) is 22.6. The third kappa shape index (κ3) is 5.52. The molecule has 0 unspecified atom stereocenters. The van der Waals surface area contributed by atoms with Crippen LogP contribution in [0.4, 0.5) is 4.39 Å². The number of H-pyrrole nitrogens is 1. The van der Waals surface area contributed by atoms with Crippen LogP contribution in [0.3, 0.4) is 0 Å². The molecule has 5 rings (SSSR count). The lowest BCUT2D eigenvalue weighted by Crippen LogP contribution is -2.44. The van der Waals surface area contributed by atoms with E-state index in [-0.39, 0.29) is 53.8 Å². The Labute approximate surface area is 234 Å². The van der Waals surface area contributed by atoms with Crippen molar-refractivity contribution in [3.05, 3.63) is 83.1 Å². The number of ether oxygens (including phenoxy) is 3. The van der Waals surface area contributed by atoms with Crippen LogP contribution < -0.4 is 10.5 Å². The average Bonchev–Trinajstić information content (AvgIpc) is 3.40. The van der Waals surface area contributed by atoms with E-state index in [1.54, 1.807) is 18.2 Å². The number of benzene rings is 2. The van der Waals surface area contributed by atoms with Crippen molar-refractivity contribution in [2.75, 3.05) is 13.2 Å². The fraction of sp³-hybridized carbons (Fsp3) is 0.276. The number of imidazole rings is 1. The van der Waals surface area contributed by atoms with Gasteiger partial charge in [0, 0.05) is 28.8 Å². The van der Waals surface area contributed by atoms with Crippen LogP contribution in [0.15, 0.2) is 54.7 Å². The van der Waals surface area contributed by atoms with Crippen LogP contribution in [0.2, 0.25) is 0 Å². The van der Waals surface area contributed by atoms with Crippen molar-refractivity contribution in [1.82, 2.24) is 19.9 Å². The minimum Gasteiger partial charge on any atom is -0.478 e. The molecule has 212 valence electrons. The first-order valence-electron chi connectivity index (χ1n) is 12.9. The maximum absolute atomic E-state index is 13.8. The maximum atomic E-state index is 13.8. The molecule has 0 saturated carbocycles. The summed E-state index contributed by atoms with van der Waals surface area (Å²) >= 11 is 0. The van der Waals surface area contributed by atoms with E-state index < -0.39 is 23.5 Å². The molecule has 1 saturated heterocycles. The molecule has 11 nitrogen and oxygen atoms in total. The first kappa shape index (κ1) is 27.9. The minimum absolute atomic E-state index is 0.00454. The monoisotopic (exact) mass is 561 g/mol. The van der Waals surface area contributed by atoms with Crippen molar-refractivity contribution in [2.45, 2.75) is 32.7 Å². The molecule has 4 aromatic rings. The molecule has 1 aliphatic heterocycles. The van der Waals surface area contributed by atoms with Crippen LogP contribution >= 0.6 is 0 Å². The number of carboxylic acids is 1. The number of rotatable bonds is 8. The number of hydrogen-bond donors (Lipinski definition) is 3. The van der Waals surface area contributed by atoms with E-state index in [1.807, 2.05) is 20.8 Å². The Bertz CT molecular complexity index is 1600. The van der Waals surface area contributed by atoms with Gasteiger partial charge in [-0.25, -0.2) is 19.2 Å². The number of carbonyl (C=O) groups excluding carboxylic acids is 1. The standard InChI is InChI=1S/C29H28FN5O6/c1-15(2)41-28-32-11-10-22(33-28)24-23(17-4-7-19(30)8-5-17)34-27(35-24)29(39-13-16(3)14-40-29)21-9-6-18(25(31)36)12-20(21)26(37)38/h4-12,15-16H,13-14H2,1-3H3,(H2,31,36)(H,34,35)(H,37,38). The molecule has 4 N–H and O–H groups in total. The molecule has 3 heterocycles. The Morgan fingerprint density at radius 2 is 1.83 bits per heavy atom. The number of aromatic carboxylic acids is 1. The third-order valence-electron chi connectivity index (χ3n) is 6.40. The minimum atomic E-state index is -1.80. The van der Waals surface area contributed by atoms with Crippen LogP contribution in [-0.4, -0.2) is 56.2 Å². The molecular formula is C29H28FN5O6. The Kier molecular flexibility index (Phi) is 7.52. The van der Waals surface area contributed by atoms with Crippen LogP contribution in [0.1, 0.15) is 52.9 Å². The van der Waals surface area contributed by atoms with Crippen molar-refractivity contribution in [2.24, 2.45) is 11.7 Å². The molecule has 0 radical (unpaired) electrons. The summed E-state index contributed by atoms with van der Waals surface area (Å²) in [5.41, 5.74) is 7.05. The van der Waals surface area contributed by atoms with E-state index >= 15 is 0 Å². The summed E-state index contributed by atoms with van der Waals surface area (Å²) in [6.07, 6.45) is 1.36. The van der Waals surface area contributed by atoms with Crippen LogP contribution in [-0.2, 0) is 15.3 Å². The average molecular weight is 562 g/mol. The van der Waals surface area contributed by atoms with Gasteiger partial charge in [-0.1, -0.05) is 13.0 Å². The van der Waals surface area contributed by atoms with Gasteiger partial charge in [0.2, 0.25) is 5.91 Å². The second-order valence-corrected chi connectivity index (χ2v) is 9.98. The molecule has 12 heteroatoms. The van der Waals surface area contributed by atoms with E-state index in [0.717, 1.165) is 0 Å². The van der Waals surface area contributed by atoms with Crippen molar-refractivity contribution in [3.8, 4) is 28.7 Å². The van der Waals surface area contributed by atoms with Crippen LogP contribution in [0.5, 0.6) is 6.01 Å². The molecule has 1 aliphatic rings. The maximum Gasteiger partial charge on any atom is 0.336 e. The van der Waals surface area contributed by atoms with E-state index in [2.05, 4.69) is 15.0 Å². The van der Waals surface area contributed by atoms with E-state index in [4.69, 9.17) is 24.9 Å². The highest BCUT2D eigenvalue weighted by atomic mass is 19.1. The Hall–Kier alpha value is -4.68. The fourth-order valence-corrected chi connectivity index (χ4v) is 4.47. The number of aromatic nitrogens is 4. The lowest BCUT2D eigenvalue weighted by atomic mass is 9.94. The topological polar surface area (TPSA) is 163 Å². The second-order valence-electron chi connectivity index (χ2n) is 9.98. The first-order chi connectivity index (χ1) is 19.6. The molecule has 0 aliphatic carbocycles. The van der Waals surface area contributed by atoms with E-state index in [9.17, 15) is 19.1 Å². The van der Waals surface area contributed by atoms with Crippen molar-refractivity contribution >= 4 is 11.9 Å². The summed E-state index contributed by atoms with van der Waals surface area (Å²) in [6, 6.07) is 11.5. The van der Waals surface area contributed by atoms with Crippen molar-refractivity contribution in [1.29, 1.82) is 0 Å². The smallest absolute Gasteiger partial charge is 0.336 e. The van der Waals surface area contributed by atoms with Gasteiger partial charge in [0.15, 0.2) is 5.82 Å². The Morgan fingerprint density at radius 3 is 2.46 bits per heavy atom. The molecular weight excluding hydrogens is 533 g/mol. The zero-order chi connectivity index (χ0) is 29.3. The molecule has 0 atom stereocenters. The number of carboxylic acid groups (broad SMARTS) is 1.